The minimum absolute atomic E-state index is 0.0132. The molecule has 0 aliphatic heterocycles. The van der Waals surface area contributed by atoms with Crippen molar-refractivity contribution in [2.24, 2.45) is 7.05 Å². The van der Waals surface area contributed by atoms with Crippen molar-refractivity contribution in [1.82, 2.24) is 14.4 Å². The van der Waals surface area contributed by atoms with Crippen LogP contribution in [0.1, 0.15) is 24.1 Å². The number of hydrogen-bond donors (Lipinski definition) is 0. The molecule has 1 aliphatic rings. The van der Waals surface area contributed by atoms with E-state index in [2.05, 4.69) is 6.58 Å². The molecule has 1 aliphatic carbocycles. The standard InChI is InChI=1S/C23H26N4O4/c1-3-14-25(22(28)13-8-18-6-9-20(10-7-18)27(30)31)17-23(29)26(19-11-12-19)16-21-5-4-15-24(21)2/h3-10,13,15,19H,1,11-12,14,16-17H2,2H3. The van der Waals surface area contributed by atoms with Crippen molar-refractivity contribution in [3.05, 3.63) is 82.7 Å². The van der Waals surface area contributed by atoms with E-state index in [0.717, 1.165) is 18.5 Å². The predicted molar refractivity (Wildman–Crippen MR) is 118 cm³/mol. The molecule has 2 aromatic rings. The zero-order chi connectivity index (χ0) is 22.4. The maximum atomic E-state index is 13.0. The zero-order valence-electron chi connectivity index (χ0n) is 17.5. The molecule has 3 rings (SSSR count). The molecule has 2 amide bonds. The fraction of sp³-hybridized carbons (Fsp3) is 0.304. The summed E-state index contributed by atoms with van der Waals surface area (Å²) in [6.45, 7) is 4.42. The van der Waals surface area contributed by atoms with Crippen LogP contribution in [0.4, 0.5) is 5.69 Å². The van der Waals surface area contributed by atoms with E-state index in [1.807, 2.05) is 34.8 Å². The molecule has 0 atom stereocenters. The van der Waals surface area contributed by atoms with E-state index in [9.17, 15) is 19.7 Å². The van der Waals surface area contributed by atoms with Gasteiger partial charge >= 0.3 is 0 Å². The third-order valence-electron chi connectivity index (χ3n) is 5.20. The van der Waals surface area contributed by atoms with E-state index in [0.29, 0.717) is 12.1 Å². The molecule has 0 saturated heterocycles. The number of nitro benzene ring substituents is 1. The van der Waals surface area contributed by atoms with Crippen LogP contribution in [0.15, 0.2) is 61.3 Å². The van der Waals surface area contributed by atoms with Crippen molar-refractivity contribution >= 4 is 23.6 Å². The Labute approximate surface area is 181 Å². The number of carbonyl (C=O) groups excluding carboxylic acids is 2. The van der Waals surface area contributed by atoms with E-state index in [4.69, 9.17) is 0 Å². The second-order valence-corrected chi connectivity index (χ2v) is 7.55. The molecule has 1 aromatic carbocycles. The van der Waals surface area contributed by atoms with Crippen LogP contribution in [0, 0.1) is 10.1 Å². The Morgan fingerprint density at radius 3 is 2.52 bits per heavy atom. The highest BCUT2D eigenvalue weighted by atomic mass is 16.6. The topological polar surface area (TPSA) is 88.7 Å². The molecule has 0 unspecified atom stereocenters. The fourth-order valence-electron chi connectivity index (χ4n) is 3.26. The number of rotatable bonds is 10. The quantitative estimate of drug-likeness (QED) is 0.255. The number of aryl methyl sites for hydroxylation is 1. The number of non-ortho nitro benzene ring substituents is 1. The van der Waals surface area contributed by atoms with Gasteiger partial charge in [0.15, 0.2) is 0 Å². The highest BCUT2D eigenvalue weighted by Gasteiger charge is 2.33. The van der Waals surface area contributed by atoms with Crippen LogP contribution in [-0.2, 0) is 23.2 Å². The number of carbonyl (C=O) groups is 2. The average Bonchev–Trinajstić information content (AvgIpc) is 3.51. The minimum atomic E-state index is -0.475. The van der Waals surface area contributed by atoms with E-state index in [1.165, 1.54) is 23.1 Å². The van der Waals surface area contributed by atoms with Gasteiger partial charge in [-0.1, -0.05) is 6.08 Å². The number of amides is 2. The molecule has 8 heteroatoms. The van der Waals surface area contributed by atoms with Gasteiger partial charge in [0.25, 0.3) is 5.69 Å². The van der Waals surface area contributed by atoms with Crippen molar-refractivity contribution in [2.75, 3.05) is 13.1 Å². The molecule has 0 radical (unpaired) electrons. The van der Waals surface area contributed by atoms with Crippen molar-refractivity contribution in [1.29, 1.82) is 0 Å². The number of hydrogen-bond acceptors (Lipinski definition) is 4. The Kier molecular flexibility index (Phi) is 7.02. The highest BCUT2D eigenvalue weighted by Crippen LogP contribution is 2.28. The molecule has 0 N–H and O–H groups in total. The van der Waals surface area contributed by atoms with Gasteiger partial charge in [-0.15, -0.1) is 6.58 Å². The third kappa shape index (κ3) is 5.91. The molecule has 1 fully saturated rings. The first-order valence-corrected chi connectivity index (χ1v) is 10.1. The van der Waals surface area contributed by atoms with Gasteiger partial charge in [-0.3, -0.25) is 19.7 Å². The van der Waals surface area contributed by atoms with Gasteiger partial charge in [0, 0.05) is 49.7 Å². The smallest absolute Gasteiger partial charge is 0.269 e. The maximum absolute atomic E-state index is 13.0. The van der Waals surface area contributed by atoms with Crippen molar-refractivity contribution < 1.29 is 14.5 Å². The first kappa shape index (κ1) is 22.0. The summed E-state index contributed by atoms with van der Waals surface area (Å²) in [5.74, 6) is -0.413. The zero-order valence-corrected chi connectivity index (χ0v) is 17.5. The Hall–Kier alpha value is -3.68. The van der Waals surface area contributed by atoms with Crippen LogP contribution >= 0.6 is 0 Å². The second kappa shape index (κ2) is 9.88. The third-order valence-corrected chi connectivity index (χ3v) is 5.20. The SMILES string of the molecule is C=CCN(CC(=O)N(Cc1cccn1C)C1CC1)C(=O)C=Cc1ccc([N+](=O)[O-])cc1. The van der Waals surface area contributed by atoms with Crippen LogP contribution in [-0.4, -0.2) is 50.2 Å². The highest BCUT2D eigenvalue weighted by molar-refractivity contribution is 5.94. The normalized spacial score (nSPS) is 13.2. The molecule has 1 aromatic heterocycles. The van der Waals surface area contributed by atoms with Gasteiger partial charge in [-0.05, 0) is 48.7 Å². The van der Waals surface area contributed by atoms with E-state index in [1.54, 1.807) is 24.3 Å². The Morgan fingerprint density at radius 1 is 1.26 bits per heavy atom. The summed E-state index contributed by atoms with van der Waals surface area (Å²) in [4.78, 5) is 39.3. The lowest BCUT2D eigenvalue weighted by molar-refractivity contribution is -0.384. The van der Waals surface area contributed by atoms with Crippen LogP contribution in [0.3, 0.4) is 0 Å². The summed E-state index contributed by atoms with van der Waals surface area (Å²) >= 11 is 0. The van der Waals surface area contributed by atoms with Gasteiger partial charge in [0.05, 0.1) is 11.5 Å². The minimum Gasteiger partial charge on any atom is -0.353 e. The summed E-state index contributed by atoms with van der Waals surface area (Å²) < 4.78 is 1.99. The summed E-state index contributed by atoms with van der Waals surface area (Å²) in [6.07, 6.45) is 8.44. The summed E-state index contributed by atoms with van der Waals surface area (Å²) in [5.41, 5.74) is 1.69. The molecular formula is C23H26N4O4. The van der Waals surface area contributed by atoms with Gasteiger partial charge < -0.3 is 14.4 Å². The van der Waals surface area contributed by atoms with E-state index >= 15 is 0 Å². The molecule has 1 heterocycles. The van der Waals surface area contributed by atoms with Gasteiger partial charge in [0.1, 0.15) is 6.54 Å². The lowest BCUT2D eigenvalue weighted by atomic mass is 10.2. The summed E-state index contributed by atoms with van der Waals surface area (Å²) in [5, 5.41) is 10.7. The van der Waals surface area contributed by atoms with Crippen LogP contribution < -0.4 is 0 Å². The maximum Gasteiger partial charge on any atom is 0.269 e. The molecule has 0 spiro atoms. The fourth-order valence-corrected chi connectivity index (χ4v) is 3.26. The molecule has 8 nitrogen and oxygen atoms in total. The van der Waals surface area contributed by atoms with Crippen LogP contribution in [0.5, 0.6) is 0 Å². The first-order chi connectivity index (χ1) is 14.9. The Morgan fingerprint density at radius 2 is 1.97 bits per heavy atom. The van der Waals surface area contributed by atoms with Crippen molar-refractivity contribution in [3.63, 3.8) is 0 Å². The average molecular weight is 422 g/mol. The van der Waals surface area contributed by atoms with Crippen LogP contribution in [0.25, 0.3) is 6.08 Å². The first-order valence-electron chi connectivity index (χ1n) is 10.1. The largest absolute Gasteiger partial charge is 0.353 e. The van der Waals surface area contributed by atoms with Crippen molar-refractivity contribution in [3.8, 4) is 0 Å². The van der Waals surface area contributed by atoms with Gasteiger partial charge in [-0.25, -0.2) is 0 Å². The predicted octanol–water partition coefficient (Wildman–Crippen LogP) is 3.15. The van der Waals surface area contributed by atoms with Gasteiger partial charge in [0.2, 0.25) is 11.8 Å². The lowest BCUT2D eigenvalue weighted by Crippen LogP contribution is -2.43. The number of nitrogens with zero attached hydrogens (tertiary/aromatic N) is 4. The second-order valence-electron chi connectivity index (χ2n) is 7.55. The van der Waals surface area contributed by atoms with Crippen LogP contribution in [0.2, 0.25) is 0 Å². The van der Waals surface area contributed by atoms with Crippen molar-refractivity contribution in [2.45, 2.75) is 25.4 Å². The molecule has 162 valence electrons. The lowest BCUT2D eigenvalue weighted by Gasteiger charge is -2.27. The van der Waals surface area contributed by atoms with E-state index in [-0.39, 0.29) is 36.6 Å². The summed E-state index contributed by atoms with van der Waals surface area (Å²) in [6, 6.07) is 10.1. The summed E-state index contributed by atoms with van der Waals surface area (Å²) in [7, 11) is 1.95. The Bertz CT molecular complexity index is 989. The number of benzene rings is 1. The van der Waals surface area contributed by atoms with Gasteiger partial charge in [-0.2, -0.15) is 0 Å². The molecular weight excluding hydrogens is 396 g/mol. The Balaban J connectivity index is 1.66. The van der Waals surface area contributed by atoms with E-state index < -0.39 is 4.92 Å². The molecule has 0 bridgehead atoms. The monoisotopic (exact) mass is 422 g/mol. The number of aromatic nitrogens is 1. The molecule has 1 saturated carbocycles. The number of nitro groups is 1. The molecule has 31 heavy (non-hydrogen) atoms.